The quantitative estimate of drug-likeness (QED) is 0.788. The van der Waals surface area contributed by atoms with Crippen LogP contribution in [-0.2, 0) is 11.2 Å². The first-order valence-corrected chi connectivity index (χ1v) is 5.03. The van der Waals surface area contributed by atoms with Gasteiger partial charge in [-0.3, -0.25) is 0 Å². The normalized spacial score (nSPS) is 22.5. The van der Waals surface area contributed by atoms with Gasteiger partial charge in [-0.15, -0.1) is 0 Å². The highest BCUT2D eigenvalue weighted by molar-refractivity contribution is 5.01. The zero-order valence-electron chi connectivity index (χ0n) is 8.11. The van der Waals surface area contributed by atoms with Crippen LogP contribution >= 0.6 is 0 Å². The molecule has 14 heavy (non-hydrogen) atoms. The highest BCUT2D eigenvalue weighted by Crippen LogP contribution is 2.24. The molecule has 0 bridgehead atoms. The number of aliphatic hydroxyl groups excluding tert-OH is 1. The minimum absolute atomic E-state index is 0.118. The minimum Gasteiger partial charge on any atom is -0.448 e. The summed E-state index contributed by atoms with van der Waals surface area (Å²) in [6.07, 6.45) is 4.35. The molecule has 1 fully saturated rings. The van der Waals surface area contributed by atoms with Crippen LogP contribution in [0.15, 0.2) is 10.7 Å². The van der Waals surface area contributed by atoms with Crippen molar-refractivity contribution in [1.29, 1.82) is 0 Å². The molecule has 4 heteroatoms. The first kappa shape index (κ1) is 9.68. The maximum atomic E-state index is 8.73. The number of hydrogen-bond donors (Lipinski definition) is 1. The van der Waals surface area contributed by atoms with Crippen LogP contribution in [0, 0.1) is 0 Å². The molecule has 0 saturated carbocycles. The van der Waals surface area contributed by atoms with Crippen molar-refractivity contribution in [2.45, 2.75) is 25.2 Å². The van der Waals surface area contributed by atoms with E-state index in [2.05, 4.69) is 4.98 Å². The van der Waals surface area contributed by atoms with E-state index in [9.17, 15) is 0 Å². The minimum atomic E-state index is 0.118. The van der Waals surface area contributed by atoms with Gasteiger partial charge in [0.05, 0.1) is 18.2 Å². The number of hydrogen-bond acceptors (Lipinski definition) is 4. The summed E-state index contributed by atoms with van der Waals surface area (Å²) < 4.78 is 10.7. The van der Waals surface area contributed by atoms with E-state index in [0.717, 1.165) is 31.0 Å². The van der Waals surface area contributed by atoms with Gasteiger partial charge in [0, 0.05) is 19.6 Å². The molecule has 1 aliphatic rings. The lowest BCUT2D eigenvalue weighted by Crippen LogP contribution is -2.15. The highest BCUT2D eigenvalue weighted by atomic mass is 16.5. The van der Waals surface area contributed by atoms with Gasteiger partial charge in [0.1, 0.15) is 6.26 Å². The third-order valence-electron chi connectivity index (χ3n) is 2.45. The summed E-state index contributed by atoms with van der Waals surface area (Å²) in [5, 5.41) is 8.73. The average Bonchev–Trinajstić information content (AvgIpc) is 2.68. The number of nitrogens with zero attached hydrogens (tertiary/aromatic N) is 1. The molecule has 0 aliphatic carbocycles. The number of rotatable bonds is 3. The van der Waals surface area contributed by atoms with Crippen LogP contribution in [0.3, 0.4) is 0 Å². The zero-order valence-corrected chi connectivity index (χ0v) is 8.11. The van der Waals surface area contributed by atoms with E-state index < -0.39 is 0 Å². The Morgan fingerprint density at radius 1 is 1.57 bits per heavy atom. The van der Waals surface area contributed by atoms with E-state index in [-0.39, 0.29) is 6.61 Å². The second-order valence-corrected chi connectivity index (χ2v) is 3.56. The van der Waals surface area contributed by atoms with Crippen molar-refractivity contribution < 1.29 is 14.3 Å². The number of aromatic nitrogens is 1. The molecule has 0 amide bonds. The van der Waals surface area contributed by atoms with E-state index in [0.29, 0.717) is 18.9 Å². The van der Waals surface area contributed by atoms with Gasteiger partial charge in [-0.05, 0) is 12.8 Å². The molecule has 0 radical (unpaired) electrons. The van der Waals surface area contributed by atoms with Crippen molar-refractivity contribution in [3.05, 3.63) is 17.8 Å². The van der Waals surface area contributed by atoms with Gasteiger partial charge in [0.15, 0.2) is 5.89 Å². The van der Waals surface area contributed by atoms with Gasteiger partial charge in [-0.25, -0.2) is 4.98 Å². The van der Waals surface area contributed by atoms with Gasteiger partial charge in [-0.2, -0.15) is 0 Å². The predicted molar refractivity (Wildman–Crippen MR) is 50.1 cm³/mol. The monoisotopic (exact) mass is 197 g/mol. The summed E-state index contributed by atoms with van der Waals surface area (Å²) in [5.74, 6) is 1.06. The van der Waals surface area contributed by atoms with Gasteiger partial charge >= 0.3 is 0 Å². The fraction of sp³-hybridized carbons (Fsp3) is 0.700. The van der Waals surface area contributed by atoms with E-state index in [1.165, 1.54) is 0 Å². The third-order valence-corrected chi connectivity index (χ3v) is 2.45. The summed E-state index contributed by atoms with van der Waals surface area (Å²) in [4.78, 5) is 4.32. The molecule has 0 aromatic carbocycles. The molecule has 1 saturated heterocycles. The molecular weight excluding hydrogens is 182 g/mol. The van der Waals surface area contributed by atoms with E-state index in [1.807, 2.05) is 0 Å². The number of ether oxygens (including phenoxy) is 1. The lowest BCUT2D eigenvalue weighted by atomic mass is 10.0. The van der Waals surface area contributed by atoms with Crippen molar-refractivity contribution in [2.75, 3.05) is 19.8 Å². The fourth-order valence-electron chi connectivity index (χ4n) is 1.68. The van der Waals surface area contributed by atoms with Crippen LogP contribution < -0.4 is 0 Å². The second-order valence-electron chi connectivity index (χ2n) is 3.56. The van der Waals surface area contributed by atoms with Crippen LogP contribution in [0.4, 0.5) is 0 Å². The van der Waals surface area contributed by atoms with Crippen LogP contribution in [0.1, 0.15) is 30.3 Å². The Kier molecular flexibility index (Phi) is 3.16. The molecule has 4 nitrogen and oxygen atoms in total. The number of aliphatic hydroxyl groups is 1. The smallest absolute Gasteiger partial charge is 0.199 e. The molecule has 1 aromatic heterocycles. The zero-order chi connectivity index (χ0) is 9.80. The Morgan fingerprint density at radius 2 is 2.50 bits per heavy atom. The van der Waals surface area contributed by atoms with Crippen molar-refractivity contribution in [2.24, 2.45) is 0 Å². The van der Waals surface area contributed by atoms with E-state index in [4.69, 9.17) is 14.3 Å². The molecular formula is C10H15NO3. The SMILES string of the molecule is OCCc1coc(C2CCCOC2)n1. The van der Waals surface area contributed by atoms with Crippen LogP contribution in [-0.4, -0.2) is 29.9 Å². The van der Waals surface area contributed by atoms with E-state index >= 15 is 0 Å². The highest BCUT2D eigenvalue weighted by Gasteiger charge is 2.20. The molecule has 2 rings (SSSR count). The Morgan fingerprint density at radius 3 is 3.21 bits per heavy atom. The maximum absolute atomic E-state index is 8.73. The topological polar surface area (TPSA) is 55.5 Å². The standard InChI is InChI=1S/C10H15NO3/c12-4-3-9-7-14-10(11-9)8-2-1-5-13-6-8/h7-8,12H,1-6H2. The average molecular weight is 197 g/mol. The Balaban J connectivity index is 2.00. The summed E-state index contributed by atoms with van der Waals surface area (Å²) in [7, 11) is 0. The first-order valence-electron chi connectivity index (χ1n) is 5.03. The third kappa shape index (κ3) is 2.13. The summed E-state index contributed by atoms with van der Waals surface area (Å²) in [6, 6.07) is 0. The predicted octanol–water partition coefficient (Wildman–Crippen LogP) is 1.10. The van der Waals surface area contributed by atoms with Gasteiger partial charge < -0.3 is 14.3 Å². The molecule has 2 heterocycles. The first-order chi connectivity index (χ1) is 6.90. The van der Waals surface area contributed by atoms with Crippen LogP contribution in [0.25, 0.3) is 0 Å². The molecule has 78 valence electrons. The van der Waals surface area contributed by atoms with Crippen LogP contribution in [0.5, 0.6) is 0 Å². The second kappa shape index (κ2) is 4.57. The lowest BCUT2D eigenvalue weighted by molar-refractivity contribution is 0.0725. The van der Waals surface area contributed by atoms with E-state index in [1.54, 1.807) is 6.26 Å². The molecule has 1 N–H and O–H groups in total. The molecule has 1 unspecified atom stereocenters. The summed E-state index contributed by atoms with van der Waals surface area (Å²) >= 11 is 0. The van der Waals surface area contributed by atoms with Crippen molar-refractivity contribution in [3.8, 4) is 0 Å². The summed E-state index contributed by atoms with van der Waals surface area (Å²) in [5.41, 5.74) is 0.827. The molecule has 1 atom stereocenters. The largest absolute Gasteiger partial charge is 0.448 e. The van der Waals surface area contributed by atoms with Gasteiger partial charge in [-0.1, -0.05) is 0 Å². The molecule has 1 aromatic rings. The molecule has 1 aliphatic heterocycles. The van der Waals surface area contributed by atoms with Crippen molar-refractivity contribution in [1.82, 2.24) is 4.98 Å². The van der Waals surface area contributed by atoms with Crippen LogP contribution in [0.2, 0.25) is 0 Å². The van der Waals surface area contributed by atoms with Gasteiger partial charge in [0.2, 0.25) is 0 Å². The number of oxazole rings is 1. The van der Waals surface area contributed by atoms with Gasteiger partial charge in [0.25, 0.3) is 0 Å². The Hall–Kier alpha value is -0.870. The maximum Gasteiger partial charge on any atom is 0.199 e. The Bertz CT molecular complexity index is 279. The fourth-order valence-corrected chi connectivity index (χ4v) is 1.68. The van der Waals surface area contributed by atoms with Crippen molar-refractivity contribution in [3.63, 3.8) is 0 Å². The Labute approximate surface area is 82.9 Å². The summed E-state index contributed by atoms with van der Waals surface area (Å²) in [6.45, 7) is 1.67. The van der Waals surface area contributed by atoms with Crippen molar-refractivity contribution >= 4 is 0 Å². The lowest BCUT2D eigenvalue weighted by Gasteiger charge is -2.18. The molecule has 0 spiro atoms.